The van der Waals surface area contributed by atoms with Gasteiger partial charge in [-0.05, 0) is 29.9 Å². The van der Waals surface area contributed by atoms with Crippen LogP contribution in [0.4, 0.5) is 4.79 Å². The van der Waals surface area contributed by atoms with Gasteiger partial charge in [0.1, 0.15) is 0 Å². The van der Waals surface area contributed by atoms with Crippen LogP contribution in [0.1, 0.15) is 23.3 Å². The lowest BCUT2D eigenvalue weighted by Gasteiger charge is -2.31. The topological polar surface area (TPSA) is 60.9 Å². The molecule has 0 bridgehead atoms. The van der Waals surface area contributed by atoms with E-state index in [0.29, 0.717) is 19.5 Å². The average molecular weight is 282 g/mol. The first-order valence-corrected chi connectivity index (χ1v) is 7.23. The van der Waals surface area contributed by atoms with Crippen molar-refractivity contribution in [1.82, 2.24) is 9.80 Å². The highest BCUT2D eigenvalue weighted by molar-refractivity contribution is 7.10. The molecule has 1 N–H and O–H groups in total. The van der Waals surface area contributed by atoms with Crippen molar-refractivity contribution in [3.8, 4) is 0 Å². The van der Waals surface area contributed by atoms with E-state index in [0.717, 1.165) is 13.0 Å². The van der Waals surface area contributed by atoms with Crippen LogP contribution >= 0.6 is 11.3 Å². The first-order chi connectivity index (χ1) is 9.08. The van der Waals surface area contributed by atoms with Crippen molar-refractivity contribution >= 4 is 23.3 Å². The van der Waals surface area contributed by atoms with Gasteiger partial charge in [0.05, 0.1) is 0 Å². The molecule has 0 atom stereocenters. The van der Waals surface area contributed by atoms with Gasteiger partial charge >= 0.3 is 12.0 Å². The van der Waals surface area contributed by atoms with E-state index in [2.05, 4.69) is 11.4 Å². The second-order valence-electron chi connectivity index (χ2n) is 4.74. The number of carboxylic acids is 1. The van der Waals surface area contributed by atoms with Crippen molar-refractivity contribution in [2.75, 3.05) is 20.1 Å². The fourth-order valence-corrected chi connectivity index (χ4v) is 3.11. The van der Waals surface area contributed by atoms with E-state index >= 15 is 0 Å². The number of hydrogen-bond donors (Lipinski definition) is 1. The Kier molecular flexibility index (Phi) is 4.42. The van der Waals surface area contributed by atoms with Crippen LogP contribution in [0, 0.1) is 0 Å². The summed E-state index contributed by atoms with van der Waals surface area (Å²) in [6.45, 7) is 1.90. The number of aliphatic carboxylic acids is 1. The third-order valence-corrected chi connectivity index (χ3v) is 4.31. The van der Waals surface area contributed by atoms with E-state index in [1.165, 1.54) is 10.4 Å². The Morgan fingerprint density at radius 3 is 3.05 bits per heavy atom. The molecule has 1 aromatic rings. The lowest BCUT2D eigenvalue weighted by Crippen LogP contribution is -2.43. The van der Waals surface area contributed by atoms with Crippen molar-refractivity contribution in [2.45, 2.75) is 25.8 Å². The molecule has 5 nitrogen and oxygen atoms in total. The molecule has 2 heterocycles. The Balaban J connectivity index is 1.85. The molecule has 0 saturated carbocycles. The Labute approximate surface area is 116 Å². The van der Waals surface area contributed by atoms with E-state index in [1.807, 2.05) is 4.90 Å². The third kappa shape index (κ3) is 3.47. The molecule has 1 aliphatic rings. The van der Waals surface area contributed by atoms with E-state index in [1.54, 1.807) is 23.3 Å². The summed E-state index contributed by atoms with van der Waals surface area (Å²) in [6, 6.07) is 2.06. The van der Waals surface area contributed by atoms with Gasteiger partial charge in [0.25, 0.3) is 0 Å². The number of thiophene rings is 1. The van der Waals surface area contributed by atoms with Gasteiger partial charge in [-0.2, -0.15) is 0 Å². The van der Waals surface area contributed by atoms with E-state index in [9.17, 15) is 9.59 Å². The maximum Gasteiger partial charge on any atom is 0.320 e. The molecule has 0 fully saturated rings. The van der Waals surface area contributed by atoms with Crippen molar-refractivity contribution in [3.63, 3.8) is 0 Å². The number of amides is 2. The van der Waals surface area contributed by atoms with Crippen LogP contribution in [0.25, 0.3) is 0 Å². The molecule has 1 aliphatic heterocycles. The Morgan fingerprint density at radius 1 is 1.53 bits per heavy atom. The number of fused-ring (bicyclic) bond motifs is 1. The number of carbonyl (C=O) groups excluding carboxylic acids is 1. The summed E-state index contributed by atoms with van der Waals surface area (Å²) in [4.78, 5) is 27.5. The number of urea groups is 1. The van der Waals surface area contributed by atoms with Gasteiger partial charge in [-0.25, -0.2) is 4.79 Å². The molecule has 0 saturated heterocycles. The van der Waals surface area contributed by atoms with Gasteiger partial charge in [0.2, 0.25) is 0 Å². The second kappa shape index (κ2) is 6.06. The maximum absolute atomic E-state index is 12.2. The minimum Gasteiger partial charge on any atom is -0.481 e. The first-order valence-electron chi connectivity index (χ1n) is 6.35. The zero-order valence-corrected chi connectivity index (χ0v) is 11.8. The van der Waals surface area contributed by atoms with Crippen LogP contribution in [0.2, 0.25) is 0 Å². The standard InChI is InChI=1S/C13H18N2O3S/c1-14(6-2-3-12(16)17)13(18)15-7-4-11-10(9-15)5-8-19-11/h5,8H,2-4,6-7,9H2,1H3,(H,16,17). The van der Waals surface area contributed by atoms with Crippen molar-refractivity contribution in [3.05, 3.63) is 21.9 Å². The summed E-state index contributed by atoms with van der Waals surface area (Å²) in [6.07, 6.45) is 1.52. The molecule has 104 valence electrons. The largest absolute Gasteiger partial charge is 0.481 e. The summed E-state index contributed by atoms with van der Waals surface area (Å²) in [5.41, 5.74) is 1.24. The molecule has 0 radical (unpaired) electrons. The van der Waals surface area contributed by atoms with Gasteiger partial charge < -0.3 is 14.9 Å². The summed E-state index contributed by atoms with van der Waals surface area (Å²) in [5, 5.41) is 10.7. The lowest BCUT2D eigenvalue weighted by atomic mass is 10.1. The molecular weight excluding hydrogens is 264 g/mol. The molecule has 2 amide bonds. The smallest absolute Gasteiger partial charge is 0.320 e. The van der Waals surface area contributed by atoms with Crippen LogP contribution in [0.15, 0.2) is 11.4 Å². The first kappa shape index (κ1) is 13.9. The van der Waals surface area contributed by atoms with Gasteiger partial charge in [0, 0.05) is 38.0 Å². The minimum atomic E-state index is -0.818. The fraction of sp³-hybridized carbons (Fsp3) is 0.538. The molecule has 0 aromatic carbocycles. The second-order valence-corrected chi connectivity index (χ2v) is 5.74. The van der Waals surface area contributed by atoms with Gasteiger partial charge in [-0.1, -0.05) is 0 Å². The van der Waals surface area contributed by atoms with Crippen LogP contribution in [-0.4, -0.2) is 47.0 Å². The van der Waals surface area contributed by atoms with E-state index in [4.69, 9.17) is 5.11 Å². The molecule has 19 heavy (non-hydrogen) atoms. The highest BCUT2D eigenvalue weighted by Crippen LogP contribution is 2.24. The average Bonchev–Trinajstić information content (AvgIpc) is 2.84. The quantitative estimate of drug-likeness (QED) is 0.919. The predicted molar refractivity (Wildman–Crippen MR) is 73.3 cm³/mol. The molecule has 0 unspecified atom stereocenters. The minimum absolute atomic E-state index is 0.0118. The number of rotatable bonds is 4. The zero-order chi connectivity index (χ0) is 13.8. The lowest BCUT2D eigenvalue weighted by molar-refractivity contribution is -0.137. The molecule has 6 heteroatoms. The Hall–Kier alpha value is -1.56. The van der Waals surface area contributed by atoms with E-state index < -0.39 is 5.97 Å². The molecular formula is C13H18N2O3S. The Bertz CT molecular complexity index is 472. The van der Waals surface area contributed by atoms with Crippen molar-refractivity contribution in [2.24, 2.45) is 0 Å². The monoisotopic (exact) mass is 282 g/mol. The highest BCUT2D eigenvalue weighted by Gasteiger charge is 2.23. The Morgan fingerprint density at radius 2 is 2.32 bits per heavy atom. The zero-order valence-electron chi connectivity index (χ0n) is 11.0. The molecule has 0 spiro atoms. The van der Waals surface area contributed by atoms with Crippen molar-refractivity contribution in [1.29, 1.82) is 0 Å². The number of hydrogen-bond acceptors (Lipinski definition) is 3. The summed E-state index contributed by atoms with van der Waals surface area (Å²) >= 11 is 1.75. The SMILES string of the molecule is CN(CCCC(=O)O)C(=O)N1CCc2sccc2C1. The van der Waals surface area contributed by atoms with Gasteiger partial charge in [0.15, 0.2) is 0 Å². The summed E-state index contributed by atoms with van der Waals surface area (Å²) < 4.78 is 0. The molecule has 2 rings (SSSR count). The summed E-state index contributed by atoms with van der Waals surface area (Å²) in [7, 11) is 1.73. The van der Waals surface area contributed by atoms with E-state index in [-0.39, 0.29) is 12.5 Å². The summed E-state index contributed by atoms with van der Waals surface area (Å²) in [5.74, 6) is -0.818. The van der Waals surface area contributed by atoms with Crippen LogP contribution in [0.3, 0.4) is 0 Å². The number of nitrogens with zero attached hydrogens (tertiary/aromatic N) is 2. The number of carboxylic acid groups (broad SMARTS) is 1. The molecule has 1 aromatic heterocycles. The van der Waals surface area contributed by atoms with Crippen molar-refractivity contribution < 1.29 is 14.7 Å². The predicted octanol–water partition coefficient (Wildman–Crippen LogP) is 2.02. The van der Waals surface area contributed by atoms with Crippen LogP contribution < -0.4 is 0 Å². The van der Waals surface area contributed by atoms with Crippen LogP contribution in [-0.2, 0) is 17.8 Å². The maximum atomic E-state index is 12.2. The normalized spacial score (nSPS) is 14.1. The highest BCUT2D eigenvalue weighted by atomic mass is 32.1. The van der Waals surface area contributed by atoms with Gasteiger partial charge in [-0.15, -0.1) is 11.3 Å². The molecule has 0 aliphatic carbocycles. The van der Waals surface area contributed by atoms with Crippen LogP contribution in [0.5, 0.6) is 0 Å². The number of carbonyl (C=O) groups is 2. The third-order valence-electron chi connectivity index (χ3n) is 3.29. The van der Waals surface area contributed by atoms with Gasteiger partial charge in [-0.3, -0.25) is 4.79 Å². The fourth-order valence-electron chi connectivity index (χ4n) is 2.22.